The molecule has 3 nitrogen and oxygen atoms in total. The summed E-state index contributed by atoms with van der Waals surface area (Å²) in [5, 5.41) is 9.69. The molecule has 0 saturated carbocycles. The monoisotopic (exact) mass is 252 g/mol. The highest BCUT2D eigenvalue weighted by Gasteiger charge is 2.22. The first-order valence-corrected chi connectivity index (χ1v) is 6.42. The Balaban J connectivity index is 1.94. The van der Waals surface area contributed by atoms with Crippen LogP contribution in [0, 0.1) is 5.82 Å². The maximum absolute atomic E-state index is 13.1. The molecular formula is C14H21FN2O. The van der Waals surface area contributed by atoms with Crippen LogP contribution in [-0.2, 0) is 6.54 Å². The molecule has 1 aromatic rings. The number of hydrogen-bond acceptors (Lipinski definition) is 3. The van der Waals surface area contributed by atoms with E-state index in [-0.39, 0.29) is 11.6 Å². The van der Waals surface area contributed by atoms with Crippen molar-refractivity contribution in [3.63, 3.8) is 0 Å². The molecule has 0 spiro atoms. The molecule has 100 valence electrons. The van der Waals surface area contributed by atoms with Crippen LogP contribution in [0.1, 0.15) is 18.4 Å². The molecule has 1 unspecified atom stereocenters. The molecule has 0 radical (unpaired) electrons. The van der Waals surface area contributed by atoms with Gasteiger partial charge in [-0.05, 0) is 51.7 Å². The maximum atomic E-state index is 13.1. The molecule has 1 aromatic carbocycles. The van der Waals surface area contributed by atoms with Gasteiger partial charge in [0.05, 0.1) is 0 Å². The van der Waals surface area contributed by atoms with Crippen molar-refractivity contribution in [2.45, 2.75) is 25.4 Å². The van der Waals surface area contributed by atoms with E-state index in [0.29, 0.717) is 18.2 Å². The fraction of sp³-hybridized carbons (Fsp3) is 0.571. The van der Waals surface area contributed by atoms with Crippen LogP contribution in [0.2, 0.25) is 0 Å². The summed E-state index contributed by atoms with van der Waals surface area (Å²) < 4.78 is 13.1. The van der Waals surface area contributed by atoms with Gasteiger partial charge in [0.2, 0.25) is 0 Å². The minimum absolute atomic E-state index is 0.169. The van der Waals surface area contributed by atoms with E-state index in [2.05, 4.69) is 16.8 Å². The largest absolute Gasteiger partial charge is 0.508 e. The molecule has 0 aliphatic carbocycles. The fourth-order valence-corrected chi connectivity index (χ4v) is 2.61. The molecule has 1 aliphatic rings. The van der Waals surface area contributed by atoms with Crippen molar-refractivity contribution in [2.75, 3.05) is 27.2 Å². The molecular weight excluding hydrogens is 231 g/mol. The summed E-state index contributed by atoms with van der Waals surface area (Å²) in [5.74, 6) is -0.128. The molecule has 1 aliphatic heterocycles. The number of hydrogen-bond donors (Lipinski definition) is 1. The first-order valence-electron chi connectivity index (χ1n) is 6.42. The first kappa shape index (κ1) is 13.3. The number of benzene rings is 1. The summed E-state index contributed by atoms with van der Waals surface area (Å²) in [6.45, 7) is 2.68. The second kappa shape index (κ2) is 5.67. The first-order chi connectivity index (χ1) is 8.56. The van der Waals surface area contributed by atoms with Crippen molar-refractivity contribution < 1.29 is 9.50 Å². The average Bonchev–Trinajstić information content (AvgIpc) is 2.70. The molecule has 18 heavy (non-hydrogen) atoms. The summed E-state index contributed by atoms with van der Waals surface area (Å²) in [4.78, 5) is 4.50. The van der Waals surface area contributed by atoms with Crippen LogP contribution in [0.3, 0.4) is 0 Å². The number of rotatable bonds is 4. The minimum Gasteiger partial charge on any atom is -0.508 e. The van der Waals surface area contributed by atoms with Crippen LogP contribution in [0.15, 0.2) is 18.2 Å². The lowest BCUT2D eigenvalue weighted by Gasteiger charge is -2.26. The van der Waals surface area contributed by atoms with Gasteiger partial charge in [-0.2, -0.15) is 0 Å². The third-order valence-electron chi connectivity index (χ3n) is 3.68. The predicted octanol–water partition coefficient (Wildman–Crippen LogP) is 2.06. The molecule has 0 amide bonds. The molecule has 0 aromatic heterocycles. The van der Waals surface area contributed by atoms with E-state index in [0.717, 1.165) is 13.1 Å². The SMILES string of the molecule is CN(Cc1cc(F)ccc1O)CC1CCCN1C. The number of phenolic OH excluding ortho intramolecular Hbond substituents is 1. The van der Waals surface area contributed by atoms with Crippen LogP contribution >= 0.6 is 0 Å². The predicted molar refractivity (Wildman–Crippen MR) is 70.1 cm³/mol. The van der Waals surface area contributed by atoms with E-state index in [1.165, 1.54) is 31.0 Å². The standard InChI is InChI=1S/C14H21FN2O/c1-16(10-13-4-3-7-17(13)2)9-11-8-12(15)5-6-14(11)18/h5-6,8,13,18H,3-4,7,9-10H2,1-2H3. The Labute approximate surface area is 108 Å². The van der Waals surface area contributed by atoms with Crippen molar-refractivity contribution in [1.29, 1.82) is 0 Å². The Morgan fingerprint density at radius 3 is 2.94 bits per heavy atom. The van der Waals surface area contributed by atoms with Crippen molar-refractivity contribution in [3.8, 4) is 5.75 Å². The summed E-state index contributed by atoms with van der Waals surface area (Å²) in [6.07, 6.45) is 2.47. The Hall–Kier alpha value is -1.13. The quantitative estimate of drug-likeness (QED) is 0.888. The van der Waals surface area contributed by atoms with Crippen molar-refractivity contribution in [2.24, 2.45) is 0 Å². The Morgan fingerprint density at radius 1 is 1.50 bits per heavy atom. The van der Waals surface area contributed by atoms with E-state index in [4.69, 9.17) is 0 Å². The number of halogens is 1. The second-order valence-electron chi connectivity index (χ2n) is 5.25. The lowest BCUT2D eigenvalue weighted by Crippen LogP contribution is -2.36. The summed E-state index contributed by atoms with van der Waals surface area (Å²) in [6, 6.07) is 4.68. The van der Waals surface area contributed by atoms with E-state index < -0.39 is 0 Å². The van der Waals surface area contributed by atoms with Gasteiger partial charge in [-0.1, -0.05) is 0 Å². The van der Waals surface area contributed by atoms with Gasteiger partial charge in [-0.3, -0.25) is 0 Å². The Bertz CT molecular complexity index is 411. The van der Waals surface area contributed by atoms with Crippen molar-refractivity contribution in [1.82, 2.24) is 9.80 Å². The molecule has 1 N–H and O–H groups in total. The zero-order valence-corrected chi connectivity index (χ0v) is 11.1. The zero-order chi connectivity index (χ0) is 13.1. The highest BCUT2D eigenvalue weighted by atomic mass is 19.1. The maximum Gasteiger partial charge on any atom is 0.123 e. The van der Waals surface area contributed by atoms with Gasteiger partial charge in [0.1, 0.15) is 11.6 Å². The van der Waals surface area contributed by atoms with Crippen LogP contribution < -0.4 is 0 Å². The van der Waals surface area contributed by atoms with Gasteiger partial charge in [-0.15, -0.1) is 0 Å². The number of aromatic hydroxyl groups is 1. The molecule has 1 saturated heterocycles. The van der Waals surface area contributed by atoms with Crippen molar-refractivity contribution >= 4 is 0 Å². The Morgan fingerprint density at radius 2 is 2.28 bits per heavy atom. The molecule has 1 heterocycles. The lowest BCUT2D eigenvalue weighted by molar-refractivity contribution is 0.214. The van der Waals surface area contributed by atoms with Crippen LogP contribution in [0.25, 0.3) is 0 Å². The fourth-order valence-electron chi connectivity index (χ4n) is 2.61. The van der Waals surface area contributed by atoms with Crippen LogP contribution in [0.4, 0.5) is 4.39 Å². The highest BCUT2D eigenvalue weighted by molar-refractivity contribution is 5.32. The van der Waals surface area contributed by atoms with Gasteiger partial charge in [-0.25, -0.2) is 4.39 Å². The van der Waals surface area contributed by atoms with Crippen LogP contribution in [-0.4, -0.2) is 48.1 Å². The van der Waals surface area contributed by atoms with Gasteiger partial charge < -0.3 is 14.9 Å². The molecule has 0 bridgehead atoms. The van der Waals surface area contributed by atoms with E-state index in [1.807, 2.05) is 7.05 Å². The molecule has 2 rings (SSSR count). The van der Waals surface area contributed by atoms with Gasteiger partial charge >= 0.3 is 0 Å². The number of likely N-dealkylation sites (N-methyl/N-ethyl adjacent to an activating group) is 2. The number of nitrogens with zero attached hydrogens (tertiary/aromatic N) is 2. The van der Waals surface area contributed by atoms with Gasteiger partial charge in [0.15, 0.2) is 0 Å². The smallest absolute Gasteiger partial charge is 0.123 e. The van der Waals surface area contributed by atoms with Gasteiger partial charge in [0, 0.05) is 24.7 Å². The second-order valence-corrected chi connectivity index (χ2v) is 5.25. The van der Waals surface area contributed by atoms with E-state index in [1.54, 1.807) is 0 Å². The lowest BCUT2D eigenvalue weighted by atomic mass is 10.1. The number of likely N-dealkylation sites (tertiary alicyclic amines) is 1. The normalized spacial score (nSPS) is 20.8. The number of phenols is 1. The third kappa shape index (κ3) is 3.21. The average molecular weight is 252 g/mol. The Kier molecular flexibility index (Phi) is 4.19. The van der Waals surface area contributed by atoms with Crippen molar-refractivity contribution in [3.05, 3.63) is 29.6 Å². The van der Waals surface area contributed by atoms with Gasteiger partial charge in [0.25, 0.3) is 0 Å². The summed E-state index contributed by atoms with van der Waals surface area (Å²) in [7, 11) is 4.15. The molecule has 1 fully saturated rings. The summed E-state index contributed by atoms with van der Waals surface area (Å²) in [5.41, 5.74) is 0.651. The minimum atomic E-state index is -0.297. The molecule has 4 heteroatoms. The van der Waals surface area contributed by atoms with Crippen LogP contribution in [0.5, 0.6) is 5.75 Å². The zero-order valence-electron chi connectivity index (χ0n) is 11.1. The molecule has 1 atom stereocenters. The summed E-state index contributed by atoms with van der Waals surface area (Å²) >= 11 is 0. The van der Waals surface area contributed by atoms with E-state index in [9.17, 15) is 9.50 Å². The topological polar surface area (TPSA) is 26.7 Å². The van der Waals surface area contributed by atoms with E-state index >= 15 is 0 Å². The highest BCUT2D eigenvalue weighted by Crippen LogP contribution is 2.21. The third-order valence-corrected chi connectivity index (χ3v) is 3.68.